The van der Waals surface area contributed by atoms with E-state index in [1.165, 1.54) is 0 Å². The van der Waals surface area contributed by atoms with Crippen LogP contribution in [0, 0.1) is 17.3 Å². The van der Waals surface area contributed by atoms with Crippen LogP contribution in [0.1, 0.15) is 65.7 Å². The molecule has 146 valence electrons. The third-order valence-electron chi connectivity index (χ3n) is 5.12. The van der Waals surface area contributed by atoms with Gasteiger partial charge in [0.05, 0.1) is 6.10 Å². The van der Waals surface area contributed by atoms with Gasteiger partial charge in [-0.1, -0.05) is 64.0 Å². The van der Waals surface area contributed by atoms with Gasteiger partial charge in [0.25, 0.3) is 0 Å². The fourth-order valence-corrected chi connectivity index (χ4v) is 3.13. The van der Waals surface area contributed by atoms with Crippen molar-refractivity contribution in [1.82, 2.24) is 0 Å². The monoisotopic (exact) mass is 362 g/mol. The molecule has 1 aliphatic carbocycles. The molecule has 1 rings (SSSR count). The van der Waals surface area contributed by atoms with E-state index in [9.17, 15) is 14.7 Å². The summed E-state index contributed by atoms with van der Waals surface area (Å²) < 4.78 is 0. The van der Waals surface area contributed by atoms with Crippen LogP contribution in [0.2, 0.25) is 0 Å². The van der Waals surface area contributed by atoms with Gasteiger partial charge < -0.3 is 10.2 Å². The Morgan fingerprint density at radius 2 is 2.04 bits per heavy atom. The lowest BCUT2D eigenvalue weighted by Crippen LogP contribution is -2.27. The van der Waals surface area contributed by atoms with Crippen molar-refractivity contribution in [2.75, 3.05) is 0 Å². The SMILES string of the molecule is CCCCC(C)(C)[C@H](O)C=C[C@H]1C=CC(=O)[C@@H]1CC=CCCCC(=O)O. The molecular weight excluding hydrogens is 328 g/mol. The van der Waals surface area contributed by atoms with Crippen LogP contribution >= 0.6 is 0 Å². The zero-order chi connectivity index (χ0) is 19.6. The summed E-state index contributed by atoms with van der Waals surface area (Å²) in [5, 5.41) is 19.1. The van der Waals surface area contributed by atoms with Gasteiger partial charge in [-0.15, -0.1) is 0 Å². The molecule has 0 aromatic carbocycles. The minimum Gasteiger partial charge on any atom is -0.481 e. The van der Waals surface area contributed by atoms with Crippen molar-refractivity contribution in [1.29, 1.82) is 0 Å². The van der Waals surface area contributed by atoms with Crippen LogP contribution in [0.15, 0.2) is 36.5 Å². The van der Waals surface area contributed by atoms with Crippen molar-refractivity contribution in [3.63, 3.8) is 0 Å². The van der Waals surface area contributed by atoms with Crippen molar-refractivity contribution in [2.45, 2.75) is 71.8 Å². The fraction of sp³-hybridized carbons (Fsp3) is 0.636. The Balaban J connectivity index is 2.54. The number of allylic oxidation sites excluding steroid dienone is 5. The largest absolute Gasteiger partial charge is 0.481 e. The third kappa shape index (κ3) is 7.69. The van der Waals surface area contributed by atoms with E-state index >= 15 is 0 Å². The van der Waals surface area contributed by atoms with Crippen molar-refractivity contribution in [3.05, 3.63) is 36.5 Å². The summed E-state index contributed by atoms with van der Waals surface area (Å²) in [6.07, 6.45) is 16.1. The molecule has 1 aliphatic rings. The van der Waals surface area contributed by atoms with E-state index in [4.69, 9.17) is 5.11 Å². The maximum absolute atomic E-state index is 12.1. The first-order valence-electron chi connectivity index (χ1n) is 9.73. The molecule has 3 atom stereocenters. The first kappa shape index (κ1) is 22.4. The lowest BCUT2D eigenvalue weighted by atomic mass is 9.80. The standard InChI is InChI=1S/C22H34O4/c1-4-5-16-22(2,3)20(24)15-13-17-12-14-19(23)18(17)10-8-6-7-9-11-21(25)26/h6,8,12-15,17-18,20,24H,4-5,7,9-11,16H2,1-3H3,(H,25,26)/t17-,18-,20-/m1/s1. The lowest BCUT2D eigenvalue weighted by Gasteiger charge is -2.28. The Labute approximate surface area is 157 Å². The molecule has 4 heteroatoms. The average Bonchev–Trinajstić information content (AvgIpc) is 2.93. The first-order valence-corrected chi connectivity index (χ1v) is 9.73. The van der Waals surface area contributed by atoms with Crippen LogP contribution in [0.5, 0.6) is 0 Å². The molecule has 0 radical (unpaired) electrons. The molecule has 0 aromatic rings. The van der Waals surface area contributed by atoms with Gasteiger partial charge in [-0.3, -0.25) is 9.59 Å². The van der Waals surface area contributed by atoms with Gasteiger partial charge >= 0.3 is 5.97 Å². The predicted molar refractivity (Wildman–Crippen MR) is 105 cm³/mol. The highest BCUT2D eigenvalue weighted by molar-refractivity contribution is 5.95. The highest BCUT2D eigenvalue weighted by atomic mass is 16.4. The second-order valence-corrected chi connectivity index (χ2v) is 7.86. The zero-order valence-corrected chi connectivity index (χ0v) is 16.4. The lowest BCUT2D eigenvalue weighted by molar-refractivity contribution is -0.137. The number of carboxylic acid groups (broad SMARTS) is 1. The van der Waals surface area contributed by atoms with Gasteiger partial charge in [0.15, 0.2) is 5.78 Å². The minimum atomic E-state index is -0.779. The maximum Gasteiger partial charge on any atom is 0.303 e. The molecule has 0 saturated heterocycles. The van der Waals surface area contributed by atoms with Gasteiger partial charge in [0, 0.05) is 18.3 Å². The zero-order valence-electron chi connectivity index (χ0n) is 16.4. The average molecular weight is 363 g/mol. The molecule has 0 saturated carbocycles. The molecular formula is C22H34O4. The minimum absolute atomic E-state index is 0.0165. The van der Waals surface area contributed by atoms with Crippen LogP contribution in [-0.4, -0.2) is 28.1 Å². The van der Waals surface area contributed by atoms with Gasteiger partial charge in [0.1, 0.15) is 0 Å². The first-order chi connectivity index (χ1) is 12.3. The van der Waals surface area contributed by atoms with E-state index in [0.717, 1.165) is 19.3 Å². The van der Waals surface area contributed by atoms with E-state index < -0.39 is 12.1 Å². The van der Waals surface area contributed by atoms with Crippen molar-refractivity contribution in [3.8, 4) is 0 Å². The Morgan fingerprint density at radius 1 is 1.31 bits per heavy atom. The van der Waals surface area contributed by atoms with E-state index in [0.29, 0.717) is 19.3 Å². The molecule has 0 heterocycles. The number of hydrogen-bond acceptors (Lipinski definition) is 3. The molecule has 0 aromatic heterocycles. The number of hydrogen-bond donors (Lipinski definition) is 2. The maximum atomic E-state index is 12.1. The van der Waals surface area contributed by atoms with Gasteiger partial charge in [0.2, 0.25) is 0 Å². The molecule has 0 fully saturated rings. The normalized spacial score (nSPS) is 21.9. The van der Waals surface area contributed by atoms with Crippen LogP contribution in [0.3, 0.4) is 0 Å². The number of ketones is 1. The van der Waals surface area contributed by atoms with Crippen LogP contribution in [-0.2, 0) is 9.59 Å². The number of rotatable bonds is 12. The Kier molecular flexibility index (Phi) is 9.57. The summed E-state index contributed by atoms with van der Waals surface area (Å²) in [4.78, 5) is 22.6. The number of aliphatic carboxylic acids is 1. The number of carboxylic acids is 1. The summed E-state index contributed by atoms with van der Waals surface area (Å²) >= 11 is 0. The Bertz CT molecular complexity index is 542. The van der Waals surface area contributed by atoms with Crippen LogP contribution in [0.25, 0.3) is 0 Å². The van der Waals surface area contributed by atoms with Gasteiger partial charge in [-0.05, 0) is 37.2 Å². The molecule has 26 heavy (non-hydrogen) atoms. The van der Waals surface area contributed by atoms with Gasteiger partial charge in [-0.25, -0.2) is 0 Å². The second kappa shape index (κ2) is 11.1. The molecule has 0 unspecified atom stereocenters. The molecule has 0 amide bonds. The highest BCUT2D eigenvalue weighted by Gasteiger charge is 2.29. The number of carbonyl (C=O) groups excluding carboxylic acids is 1. The molecule has 0 spiro atoms. The quantitative estimate of drug-likeness (QED) is 0.390. The van der Waals surface area contributed by atoms with E-state index in [1.807, 2.05) is 30.4 Å². The molecule has 0 bridgehead atoms. The fourth-order valence-electron chi connectivity index (χ4n) is 3.13. The van der Waals surface area contributed by atoms with Gasteiger partial charge in [-0.2, -0.15) is 0 Å². The van der Waals surface area contributed by atoms with E-state index in [1.54, 1.807) is 6.08 Å². The summed E-state index contributed by atoms with van der Waals surface area (Å²) in [6, 6.07) is 0. The molecule has 2 N–H and O–H groups in total. The third-order valence-corrected chi connectivity index (χ3v) is 5.12. The number of carbonyl (C=O) groups is 2. The Morgan fingerprint density at radius 3 is 2.69 bits per heavy atom. The van der Waals surface area contributed by atoms with Crippen LogP contribution in [0.4, 0.5) is 0 Å². The molecule has 4 nitrogen and oxygen atoms in total. The summed E-state index contributed by atoms with van der Waals surface area (Å²) in [7, 11) is 0. The number of unbranched alkanes of at least 4 members (excludes halogenated alkanes) is 2. The van der Waals surface area contributed by atoms with Crippen molar-refractivity contribution < 1.29 is 19.8 Å². The smallest absolute Gasteiger partial charge is 0.303 e. The molecule has 0 aliphatic heterocycles. The van der Waals surface area contributed by atoms with Crippen molar-refractivity contribution in [2.24, 2.45) is 17.3 Å². The summed E-state index contributed by atoms with van der Waals surface area (Å²) in [5.74, 6) is -0.760. The van der Waals surface area contributed by atoms with E-state index in [2.05, 4.69) is 20.8 Å². The highest BCUT2D eigenvalue weighted by Crippen LogP contribution is 2.31. The second-order valence-electron chi connectivity index (χ2n) is 7.86. The topological polar surface area (TPSA) is 74.6 Å². The summed E-state index contributed by atoms with van der Waals surface area (Å²) in [6.45, 7) is 6.29. The van der Waals surface area contributed by atoms with Crippen molar-refractivity contribution >= 4 is 11.8 Å². The Hall–Kier alpha value is -1.68. The number of aliphatic hydroxyl groups excluding tert-OH is 1. The predicted octanol–water partition coefficient (Wildman–Crippen LogP) is 4.69. The van der Waals surface area contributed by atoms with Crippen LogP contribution < -0.4 is 0 Å². The van der Waals surface area contributed by atoms with E-state index in [-0.39, 0.29) is 29.5 Å². The summed E-state index contributed by atoms with van der Waals surface area (Å²) in [5.41, 5.74) is -0.168. The number of aliphatic hydroxyl groups is 1.